The van der Waals surface area contributed by atoms with Gasteiger partial charge in [-0.15, -0.1) is 0 Å². The van der Waals surface area contributed by atoms with Gasteiger partial charge in [0.1, 0.15) is 0 Å². The lowest BCUT2D eigenvalue weighted by atomic mass is 9.52. The van der Waals surface area contributed by atoms with Gasteiger partial charge in [-0.3, -0.25) is 0 Å². The first-order chi connectivity index (χ1) is 6.41. The van der Waals surface area contributed by atoms with Crippen LogP contribution in [0.5, 0.6) is 0 Å². The van der Waals surface area contributed by atoms with Crippen molar-refractivity contribution < 1.29 is 0 Å². The normalized spacial score (nSPS) is 39.9. The summed E-state index contributed by atoms with van der Waals surface area (Å²) in [4.78, 5) is 2.53. The molecule has 0 N–H and O–H groups in total. The maximum Gasteiger partial charge on any atom is 0.00351 e. The van der Waals surface area contributed by atoms with E-state index in [4.69, 9.17) is 0 Å². The van der Waals surface area contributed by atoms with Crippen molar-refractivity contribution in [3.8, 4) is 0 Å². The van der Waals surface area contributed by atoms with Crippen LogP contribution in [-0.4, -0.2) is 25.0 Å². The molecule has 1 spiro atoms. The monoisotopic (exact) mass is 195 g/mol. The van der Waals surface area contributed by atoms with Crippen LogP contribution in [0, 0.1) is 16.7 Å². The molecule has 1 saturated carbocycles. The summed E-state index contributed by atoms with van der Waals surface area (Å²) in [6, 6.07) is 0. The van der Waals surface area contributed by atoms with Gasteiger partial charge in [-0.1, -0.05) is 20.8 Å². The van der Waals surface area contributed by atoms with Crippen molar-refractivity contribution in [3.05, 3.63) is 0 Å². The van der Waals surface area contributed by atoms with Crippen molar-refractivity contribution in [1.82, 2.24) is 4.90 Å². The largest absolute Gasteiger partial charge is 0.306 e. The van der Waals surface area contributed by atoms with Gasteiger partial charge < -0.3 is 4.90 Å². The Balaban J connectivity index is 1.91. The molecule has 0 atom stereocenters. The van der Waals surface area contributed by atoms with Crippen molar-refractivity contribution >= 4 is 0 Å². The molecule has 1 saturated heterocycles. The quantitative estimate of drug-likeness (QED) is 0.574. The summed E-state index contributed by atoms with van der Waals surface area (Å²) in [5.41, 5.74) is 1.27. The fourth-order valence-corrected chi connectivity index (χ4v) is 3.39. The zero-order valence-corrected chi connectivity index (χ0v) is 10.3. The van der Waals surface area contributed by atoms with Crippen LogP contribution in [0.2, 0.25) is 0 Å². The van der Waals surface area contributed by atoms with Gasteiger partial charge in [0.15, 0.2) is 0 Å². The molecule has 1 aliphatic heterocycles. The van der Waals surface area contributed by atoms with Crippen LogP contribution in [0.3, 0.4) is 0 Å². The zero-order chi connectivity index (χ0) is 10.4. The molecule has 1 heterocycles. The molecule has 0 radical (unpaired) electrons. The maximum atomic E-state index is 2.53. The van der Waals surface area contributed by atoms with E-state index in [0.29, 0.717) is 5.41 Å². The molecule has 2 aliphatic rings. The number of piperidine rings is 1. The van der Waals surface area contributed by atoms with E-state index in [1.165, 1.54) is 38.8 Å². The Bertz CT molecular complexity index is 208. The molecule has 0 amide bonds. The molecule has 1 heteroatoms. The topological polar surface area (TPSA) is 3.24 Å². The Morgan fingerprint density at radius 1 is 1.21 bits per heavy atom. The van der Waals surface area contributed by atoms with Crippen LogP contribution >= 0.6 is 0 Å². The van der Waals surface area contributed by atoms with E-state index in [0.717, 1.165) is 11.3 Å². The number of hydrogen-bond donors (Lipinski definition) is 0. The third kappa shape index (κ3) is 1.84. The van der Waals surface area contributed by atoms with Gasteiger partial charge in [0.05, 0.1) is 0 Å². The Morgan fingerprint density at radius 3 is 2.36 bits per heavy atom. The summed E-state index contributed by atoms with van der Waals surface area (Å²) in [7, 11) is 2.28. The maximum absolute atomic E-state index is 2.53. The predicted molar refractivity (Wildman–Crippen MR) is 61.3 cm³/mol. The molecule has 0 aromatic carbocycles. The van der Waals surface area contributed by atoms with Crippen LogP contribution in [0.15, 0.2) is 0 Å². The van der Waals surface area contributed by atoms with Gasteiger partial charge in [-0.05, 0) is 56.0 Å². The first-order valence-electron chi connectivity index (χ1n) is 6.10. The number of likely N-dealkylation sites (tertiary alicyclic amines) is 1. The van der Waals surface area contributed by atoms with E-state index >= 15 is 0 Å². The Hall–Kier alpha value is -0.0400. The van der Waals surface area contributed by atoms with E-state index in [9.17, 15) is 0 Å². The molecule has 82 valence electrons. The minimum absolute atomic E-state index is 0.543. The smallest absolute Gasteiger partial charge is 0.00351 e. The first kappa shape index (κ1) is 10.5. The summed E-state index contributed by atoms with van der Waals surface area (Å²) in [6.07, 6.45) is 5.89. The van der Waals surface area contributed by atoms with Crippen molar-refractivity contribution in [3.63, 3.8) is 0 Å². The van der Waals surface area contributed by atoms with E-state index in [1.54, 1.807) is 0 Å². The zero-order valence-electron chi connectivity index (χ0n) is 10.3. The highest BCUT2D eigenvalue weighted by Gasteiger charge is 2.49. The second-order valence-electron chi connectivity index (χ2n) is 6.81. The number of hydrogen-bond acceptors (Lipinski definition) is 1. The van der Waals surface area contributed by atoms with E-state index in [-0.39, 0.29) is 0 Å². The van der Waals surface area contributed by atoms with Crippen LogP contribution in [0.4, 0.5) is 0 Å². The van der Waals surface area contributed by atoms with E-state index in [1.807, 2.05) is 0 Å². The SMILES string of the molecule is CN1CCCC2(CC(C(C)(C)C)C2)C1. The second kappa shape index (κ2) is 3.23. The van der Waals surface area contributed by atoms with Crippen LogP contribution in [-0.2, 0) is 0 Å². The molecule has 0 aromatic rings. The van der Waals surface area contributed by atoms with Gasteiger partial charge in [-0.25, -0.2) is 0 Å². The predicted octanol–water partition coefficient (Wildman–Crippen LogP) is 3.15. The number of nitrogens with zero attached hydrogens (tertiary/aromatic N) is 1. The average Bonchev–Trinajstić information content (AvgIpc) is 1.98. The van der Waals surface area contributed by atoms with Crippen molar-refractivity contribution in [2.24, 2.45) is 16.7 Å². The Labute approximate surface area is 88.9 Å². The summed E-state index contributed by atoms with van der Waals surface area (Å²) < 4.78 is 0. The van der Waals surface area contributed by atoms with Gasteiger partial charge in [-0.2, -0.15) is 0 Å². The molecule has 1 aliphatic carbocycles. The van der Waals surface area contributed by atoms with Gasteiger partial charge >= 0.3 is 0 Å². The highest BCUT2D eigenvalue weighted by Crippen LogP contribution is 2.56. The number of rotatable bonds is 0. The molecule has 14 heavy (non-hydrogen) atoms. The van der Waals surface area contributed by atoms with Gasteiger partial charge in [0.2, 0.25) is 0 Å². The van der Waals surface area contributed by atoms with Crippen molar-refractivity contribution in [2.45, 2.75) is 46.5 Å². The lowest BCUT2D eigenvalue weighted by Gasteiger charge is -2.56. The minimum Gasteiger partial charge on any atom is -0.306 e. The second-order valence-corrected chi connectivity index (χ2v) is 6.81. The van der Waals surface area contributed by atoms with Crippen molar-refractivity contribution in [2.75, 3.05) is 20.1 Å². The molecule has 2 rings (SSSR count). The molecule has 2 fully saturated rings. The van der Waals surface area contributed by atoms with Crippen molar-refractivity contribution in [1.29, 1.82) is 0 Å². The highest BCUT2D eigenvalue weighted by atomic mass is 15.1. The summed E-state index contributed by atoms with van der Waals surface area (Å²) in [5.74, 6) is 0.981. The Kier molecular flexibility index (Phi) is 2.42. The minimum atomic E-state index is 0.543. The average molecular weight is 195 g/mol. The van der Waals surface area contributed by atoms with Crippen LogP contribution in [0.25, 0.3) is 0 Å². The third-order valence-electron chi connectivity index (χ3n) is 4.44. The van der Waals surface area contributed by atoms with E-state index < -0.39 is 0 Å². The highest BCUT2D eigenvalue weighted by molar-refractivity contribution is 5.00. The molecule has 1 nitrogen and oxygen atoms in total. The van der Waals surface area contributed by atoms with Crippen LogP contribution in [0.1, 0.15) is 46.5 Å². The molecule has 0 aromatic heterocycles. The molecule has 0 bridgehead atoms. The third-order valence-corrected chi connectivity index (χ3v) is 4.44. The lowest BCUT2D eigenvalue weighted by molar-refractivity contribution is -0.0580. The summed E-state index contributed by atoms with van der Waals surface area (Å²) >= 11 is 0. The summed E-state index contributed by atoms with van der Waals surface area (Å²) in [6.45, 7) is 9.88. The van der Waals surface area contributed by atoms with Gasteiger partial charge in [0.25, 0.3) is 0 Å². The molecule has 0 unspecified atom stereocenters. The standard InChI is InChI=1S/C13H25N/c1-12(2,3)11-8-13(9-11)6-5-7-14(4)10-13/h11H,5-10H2,1-4H3. The fraction of sp³-hybridized carbons (Fsp3) is 1.00. The van der Waals surface area contributed by atoms with Gasteiger partial charge in [0, 0.05) is 6.54 Å². The summed E-state index contributed by atoms with van der Waals surface area (Å²) in [5, 5.41) is 0. The Morgan fingerprint density at radius 2 is 1.86 bits per heavy atom. The molecular formula is C13H25N. The first-order valence-corrected chi connectivity index (χ1v) is 6.10. The molecular weight excluding hydrogens is 170 g/mol. The van der Waals surface area contributed by atoms with E-state index in [2.05, 4.69) is 32.7 Å². The van der Waals surface area contributed by atoms with Crippen LogP contribution < -0.4 is 0 Å². The fourth-order valence-electron chi connectivity index (χ4n) is 3.39. The lowest BCUT2D eigenvalue weighted by Crippen LogP contribution is -2.51.